The zero-order chi connectivity index (χ0) is 14.8. The van der Waals surface area contributed by atoms with E-state index < -0.39 is 9.84 Å². The number of carbonyl (C=O) groups is 1. The van der Waals surface area contributed by atoms with Crippen LogP contribution in [0.2, 0.25) is 0 Å². The largest absolute Gasteiger partial charge is 0.351 e. The molecule has 1 fully saturated rings. The first kappa shape index (κ1) is 15.5. The fourth-order valence-electron chi connectivity index (χ4n) is 2.12. The van der Waals surface area contributed by atoms with Gasteiger partial charge in [0.05, 0.1) is 4.90 Å². The molecule has 1 aliphatic rings. The SMILES string of the molecule is CS(=O)(=O)c1ccc(C(=O)NCC2(CCBr)CC2)cc1. The number of sulfone groups is 1. The number of rotatable bonds is 6. The summed E-state index contributed by atoms with van der Waals surface area (Å²) in [5.74, 6) is -0.147. The second kappa shape index (κ2) is 5.85. The van der Waals surface area contributed by atoms with Crippen LogP contribution in [0.1, 0.15) is 29.6 Å². The van der Waals surface area contributed by atoms with Gasteiger partial charge in [-0.25, -0.2) is 8.42 Å². The van der Waals surface area contributed by atoms with E-state index in [1.54, 1.807) is 12.1 Å². The third kappa shape index (κ3) is 3.82. The standard InChI is InChI=1S/C14H18BrNO3S/c1-20(18,19)12-4-2-11(3-5-12)13(17)16-10-14(6-7-14)8-9-15/h2-5H,6-10H2,1H3,(H,16,17). The normalized spacial score (nSPS) is 16.7. The van der Waals surface area contributed by atoms with Crippen molar-refractivity contribution in [3.8, 4) is 0 Å². The maximum atomic E-state index is 12.0. The van der Waals surface area contributed by atoms with Crippen LogP contribution in [0, 0.1) is 5.41 Å². The minimum atomic E-state index is -3.22. The highest BCUT2D eigenvalue weighted by atomic mass is 79.9. The molecular formula is C14H18BrNO3S. The molecule has 1 aromatic carbocycles. The third-order valence-corrected chi connectivity index (χ3v) is 5.28. The molecule has 0 saturated heterocycles. The molecule has 6 heteroatoms. The first-order valence-corrected chi connectivity index (χ1v) is 9.52. The van der Waals surface area contributed by atoms with Gasteiger partial charge < -0.3 is 5.32 Å². The van der Waals surface area contributed by atoms with Crippen LogP contribution in [0.5, 0.6) is 0 Å². The summed E-state index contributed by atoms with van der Waals surface area (Å²) in [6.45, 7) is 0.686. The van der Waals surface area contributed by atoms with Gasteiger partial charge in [0.15, 0.2) is 9.84 Å². The Morgan fingerprint density at radius 3 is 2.35 bits per heavy atom. The lowest BCUT2D eigenvalue weighted by Crippen LogP contribution is -2.30. The second-order valence-corrected chi connectivity index (χ2v) is 8.23. The van der Waals surface area contributed by atoms with Gasteiger partial charge in [-0.15, -0.1) is 0 Å². The van der Waals surface area contributed by atoms with Crippen LogP contribution in [-0.4, -0.2) is 32.5 Å². The Labute approximate surface area is 128 Å². The van der Waals surface area contributed by atoms with E-state index in [0.717, 1.165) is 30.8 Å². The van der Waals surface area contributed by atoms with Crippen molar-refractivity contribution in [3.63, 3.8) is 0 Å². The lowest BCUT2D eigenvalue weighted by Gasteiger charge is -2.14. The number of carbonyl (C=O) groups excluding carboxylic acids is 1. The monoisotopic (exact) mass is 359 g/mol. The summed E-state index contributed by atoms with van der Waals surface area (Å²) in [4.78, 5) is 12.2. The van der Waals surface area contributed by atoms with Crippen molar-refractivity contribution in [3.05, 3.63) is 29.8 Å². The van der Waals surface area contributed by atoms with Crippen molar-refractivity contribution >= 4 is 31.7 Å². The molecule has 0 radical (unpaired) electrons. The van der Waals surface area contributed by atoms with Crippen molar-refractivity contribution in [2.45, 2.75) is 24.2 Å². The molecule has 0 aromatic heterocycles. The lowest BCUT2D eigenvalue weighted by molar-refractivity contribution is 0.0944. The Hall–Kier alpha value is -0.880. The first-order chi connectivity index (χ1) is 9.36. The van der Waals surface area contributed by atoms with Gasteiger partial charge in [-0.3, -0.25) is 4.79 Å². The van der Waals surface area contributed by atoms with Gasteiger partial charge in [-0.05, 0) is 48.9 Å². The second-order valence-electron chi connectivity index (χ2n) is 5.42. The summed E-state index contributed by atoms with van der Waals surface area (Å²) in [6, 6.07) is 6.04. The summed E-state index contributed by atoms with van der Waals surface area (Å²) in [5.41, 5.74) is 0.762. The van der Waals surface area contributed by atoms with Crippen LogP contribution < -0.4 is 5.32 Å². The van der Waals surface area contributed by atoms with E-state index in [1.165, 1.54) is 12.1 Å². The zero-order valence-corrected chi connectivity index (χ0v) is 13.8. The number of halogens is 1. The van der Waals surface area contributed by atoms with Gasteiger partial charge in [-0.2, -0.15) is 0 Å². The van der Waals surface area contributed by atoms with Crippen molar-refractivity contribution in [1.29, 1.82) is 0 Å². The lowest BCUT2D eigenvalue weighted by atomic mass is 10.0. The predicted molar refractivity (Wildman–Crippen MR) is 82.0 cm³/mol. The van der Waals surface area contributed by atoms with Gasteiger partial charge in [0.25, 0.3) is 5.91 Å². The summed E-state index contributed by atoms with van der Waals surface area (Å²) >= 11 is 3.43. The van der Waals surface area contributed by atoms with E-state index >= 15 is 0 Å². The molecule has 2 rings (SSSR count). The zero-order valence-electron chi connectivity index (χ0n) is 11.4. The minimum Gasteiger partial charge on any atom is -0.351 e. The molecule has 0 bridgehead atoms. The number of hydrogen-bond acceptors (Lipinski definition) is 3. The highest BCUT2D eigenvalue weighted by molar-refractivity contribution is 9.09. The molecular weight excluding hydrogens is 342 g/mol. The fourth-order valence-corrected chi connectivity index (χ4v) is 3.59. The Balaban J connectivity index is 1.96. The van der Waals surface area contributed by atoms with Crippen molar-refractivity contribution in [1.82, 2.24) is 5.32 Å². The van der Waals surface area contributed by atoms with E-state index in [-0.39, 0.29) is 16.2 Å². The van der Waals surface area contributed by atoms with Gasteiger partial charge in [0, 0.05) is 23.7 Å². The highest BCUT2D eigenvalue weighted by Gasteiger charge is 2.41. The first-order valence-electron chi connectivity index (χ1n) is 6.51. The van der Waals surface area contributed by atoms with Crippen LogP contribution >= 0.6 is 15.9 Å². The molecule has 1 N–H and O–H groups in total. The molecule has 20 heavy (non-hydrogen) atoms. The molecule has 0 heterocycles. The summed E-state index contributed by atoms with van der Waals surface area (Å²) in [5, 5.41) is 3.89. The average molecular weight is 360 g/mol. The number of benzene rings is 1. The number of amides is 1. The van der Waals surface area contributed by atoms with Gasteiger partial charge in [0.2, 0.25) is 0 Å². The number of hydrogen-bond donors (Lipinski definition) is 1. The van der Waals surface area contributed by atoms with Crippen LogP contribution in [0.15, 0.2) is 29.2 Å². The Kier molecular flexibility index (Phi) is 4.54. The Morgan fingerprint density at radius 2 is 1.90 bits per heavy atom. The molecule has 1 amide bonds. The smallest absolute Gasteiger partial charge is 0.251 e. The number of alkyl halides is 1. The molecule has 0 spiro atoms. The van der Waals surface area contributed by atoms with Gasteiger partial charge >= 0.3 is 0 Å². The average Bonchev–Trinajstić information content (AvgIpc) is 3.16. The molecule has 110 valence electrons. The third-order valence-electron chi connectivity index (χ3n) is 3.75. The summed E-state index contributed by atoms with van der Waals surface area (Å²) in [6.07, 6.45) is 4.54. The van der Waals surface area contributed by atoms with E-state index in [1.807, 2.05) is 0 Å². The van der Waals surface area contributed by atoms with E-state index in [2.05, 4.69) is 21.2 Å². The van der Waals surface area contributed by atoms with Crippen molar-refractivity contribution < 1.29 is 13.2 Å². The molecule has 1 saturated carbocycles. The molecule has 4 nitrogen and oxygen atoms in total. The quantitative estimate of drug-likeness (QED) is 0.793. The molecule has 0 unspecified atom stereocenters. The van der Waals surface area contributed by atoms with E-state index in [4.69, 9.17) is 0 Å². The Morgan fingerprint density at radius 1 is 1.30 bits per heavy atom. The topological polar surface area (TPSA) is 63.2 Å². The maximum absolute atomic E-state index is 12.0. The van der Waals surface area contributed by atoms with E-state index in [0.29, 0.717) is 12.1 Å². The predicted octanol–water partition coefficient (Wildman–Crippen LogP) is 2.39. The summed E-state index contributed by atoms with van der Waals surface area (Å²) < 4.78 is 22.7. The van der Waals surface area contributed by atoms with Crippen molar-refractivity contribution in [2.24, 2.45) is 5.41 Å². The summed E-state index contributed by atoms with van der Waals surface area (Å²) in [7, 11) is -3.22. The minimum absolute atomic E-state index is 0.147. The van der Waals surface area contributed by atoms with Gasteiger partial charge in [0.1, 0.15) is 0 Å². The van der Waals surface area contributed by atoms with Crippen LogP contribution in [0.4, 0.5) is 0 Å². The van der Waals surface area contributed by atoms with Crippen molar-refractivity contribution in [2.75, 3.05) is 18.1 Å². The number of nitrogens with one attached hydrogen (secondary N) is 1. The molecule has 0 atom stereocenters. The fraction of sp³-hybridized carbons (Fsp3) is 0.500. The van der Waals surface area contributed by atoms with Gasteiger partial charge in [-0.1, -0.05) is 15.9 Å². The van der Waals surface area contributed by atoms with Crippen LogP contribution in [0.25, 0.3) is 0 Å². The maximum Gasteiger partial charge on any atom is 0.251 e. The molecule has 1 aromatic rings. The molecule has 0 aliphatic heterocycles. The van der Waals surface area contributed by atoms with Crippen LogP contribution in [-0.2, 0) is 9.84 Å². The van der Waals surface area contributed by atoms with E-state index in [9.17, 15) is 13.2 Å². The highest BCUT2D eigenvalue weighted by Crippen LogP contribution is 2.48. The van der Waals surface area contributed by atoms with Crippen LogP contribution in [0.3, 0.4) is 0 Å². The Bertz CT molecular complexity index is 591. The molecule has 1 aliphatic carbocycles.